The Morgan fingerprint density at radius 1 is 1.61 bits per heavy atom. The molecule has 4 heteroatoms. The van der Waals surface area contributed by atoms with Gasteiger partial charge in [0.2, 0.25) is 0 Å². The summed E-state index contributed by atoms with van der Waals surface area (Å²) in [6.45, 7) is 7.19. The molecule has 0 aromatic carbocycles. The fourth-order valence-electron chi connectivity index (χ4n) is 2.47. The molecule has 0 amide bonds. The minimum atomic E-state index is 0.218. The van der Waals surface area contributed by atoms with Gasteiger partial charge in [-0.05, 0) is 38.8 Å². The SMILES string of the molecule is CCC(C)n1ccc(CN2CCCC(C=O)C2)n1. The zero-order valence-corrected chi connectivity index (χ0v) is 11.4. The van der Waals surface area contributed by atoms with Gasteiger partial charge in [-0.25, -0.2) is 0 Å². The second-order valence-electron chi connectivity index (χ2n) is 5.32. The predicted octanol–water partition coefficient (Wildman–Crippen LogP) is 2.27. The van der Waals surface area contributed by atoms with Crippen LogP contribution in [0.3, 0.4) is 0 Å². The van der Waals surface area contributed by atoms with Crippen LogP contribution in [-0.4, -0.2) is 34.1 Å². The highest BCUT2D eigenvalue weighted by atomic mass is 16.1. The second kappa shape index (κ2) is 6.14. The lowest BCUT2D eigenvalue weighted by Crippen LogP contribution is -2.35. The Morgan fingerprint density at radius 3 is 3.17 bits per heavy atom. The van der Waals surface area contributed by atoms with Gasteiger partial charge in [0, 0.05) is 31.2 Å². The van der Waals surface area contributed by atoms with Crippen molar-refractivity contribution in [2.45, 2.75) is 45.7 Å². The van der Waals surface area contributed by atoms with Crippen molar-refractivity contribution in [1.29, 1.82) is 0 Å². The number of hydrogen-bond acceptors (Lipinski definition) is 3. The lowest BCUT2D eigenvalue weighted by atomic mass is 10.00. The normalized spacial score (nSPS) is 22.9. The van der Waals surface area contributed by atoms with Crippen LogP contribution in [0.2, 0.25) is 0 Å². The maximum atomic E-state index is 10.8. The molecule has 0 spiro atoms. The summed E-state index contributed by atoms with van der Waals surface area (Å²) in [5.41, 5.74) is 1.11. The van der Waals surface area contributed by atoms with Crippen molar-refractivity contribution in [3.05, 3.63) is 18.0 Å². The van der Waals surface area contributed by atoms with Gasteiger partial charge < -0.3 is 4.79 Å². The average molecular weight is 249 g/mol. The highest BCUT2D eigenvalue weighted by Crippen LogP contribution is 2.17. The van der Waals surface area contributed by atoms with Crippen molar-refractivity contribution in [3.63, 3.8) is 0 Å². The Kier molecular flexibility index (Phi) is 4.53. The molecule has 1 aromatic rings. The Bertz CT molecular complexity index is 388. The first-order valence-electron chi connectivity index (χ1n) is 6.94. The largest absolute Gasteiger partial charge is 0.303 e. The molecule has 0 N–H and O–H groups in total. The molecule has 1 aromatic heterocycles. The summed E-state index contributed by atoms with van der Waals surface area (Å²) in [4.78, 5) is 13.2. The zero-order chi connectivity index (χ0) is 13.0. The van der Waals surface area contributed by atoms with Gasteiger partial charge in [0.1, 0.15) is 6.29 Å². The number of hydrogen-bond donors (Lipinski definition) is 0. The van der Waals surface area contributed by atoms with Gasteiger partial charge in [-0.1, -0.05) is 6.92 Å². The Balaban J connectivity index is 1.92. The lowest BCUT2D eigenvalue weighted by Gasteiger charge is -2.29. The molecule has 2 rings (SSSR count). The molecule has 1 fully saturated rings. The topological polar surface area (TPSA) is 38.1 Å². The summed E-state index contributed by atoms with van der Waals surface area (Å²) in [5.74, 6) is 0.218. The number of piperidine rings is 1. The van der Waals surface area contributed by atoms with Gasteiger partial charge in [0.05, 0.1) is 5.69 Å². The third kappa shape index (κ3) is 3.19. The third-order valence-corrected chi connectivity index (χ3v) is 3.83. The fourth-order valence-corrected chi connectivity index (χ4v) is 2.47. The average Bonchev–Trinajstić information content (AvgIpc) is 2.86. The summed E-state index contributed by atoms with van der Waals surface area (Å²) in [7, 11) is 0. The van der Waals surface area contributed by atoms with E-state index in [0.717, 1.165) is 50.9 Å². The van der Waals surface area contributed by atoms with Gasteiger partial charge in [-0.2, -0.15) is 5.10 Å². The maximum Gasteiger partial charge on any atom is 0.124 e. The minimum Gasteiger partial charge on any atom is -0.303 e. The van der Waals surface area contributed by atoms with Crippen molar-refractivity contribution in [3.8, 4) is 0 Å². The molecule has 1 saturated heterocycles. The molecule has 2 unspecified atom stereocenters. The van der Waals surface area contributed by atoms with Crippen molar-refractivity contribution < 1.29 is 4.79 Å². The Morgan fingerprint density at radius 2 is 2.44 bits per heavy atom. The highest BCUT2D eigenvalue weighted by Gasteiger charge is 2.19. The van der Waals surface area contributed by atoms with E-state index >= 15 is 0 Å². The highest BCUT2D eigenvalue weighted by molar-refractivity contribution is 5.53. The predicted molar refractivity (Wildman–Crippen MR) is 71.3 cm³/mol. The molecule has 0 radical (unpaired) electrons. The van der Waals surface area contributed by atoms with Gasteiger partial charge in [-0.15, -0.1) is 0 Å². The van der Waals surface area contributed by atoms with Gasteiger partial charge in [-0.3, -0.25) is 9.58 Å². The van der Waals surface area contributed by atoms with Crippen molar-refractivity contribution in [1.82, 2.24) is 14.7 Å². The van der Waals surface area contributed by atoms with Gasteiger partial charge in [0.25, 0.3) is 0 Å². The number of nitrogens with zero attached hydrogens (tertiary/aromatic N) is 3. The quantitative estimate of drug-likeness (QED) is 0.751. The van der Waals surface area contributed by atoms with E-state index in [9.17, 15) is 4.79 Å². The van der Waals surface area contributed by atoms with Crippen molar-refractivity contribution in [2.24, 2.45) is 5.92 Å². The first-order chi connectivity index (χ1) is 8.72. The maximum absolute atomic E-state index is 10.8. The molecule has 0 aliphatic carbocycles. The summed E-state index contributed by atoms with van der Waals surface area (Å²) in [6, 6.07) is 2.55. The molecular formula is C14H23N3O. The molecular weight excluding hydrogens is 226 g/mol. The molecule has 4 nitrogen and oxygen atoms in total. The molecule has 2 heterocycles. The van der Waals surface area contributed by atoms with Crippen LogP contribution in [0.5, 0.6) is 0 Å². The number of carbonyl (C=O) groups excluding carboxylic acids is 1. The first kappa shape index (κ1) is 13.3. The summed E-state index contributed by atoms with van der Waals surface area (Å²) < 4.78 is 2.04. The summed E-state index contributed by atoms with van der Waals surface area (Å²) in [6.07, 6.45) is 6.42. The van der Waals surface area contributed by atoms with Crippen LogP contribution in [0, 0.1) is 5.92 Å². The van der Waals surface area contributed by atoms with Crippen LogP contribution >= 0.6 is 0 Å². The Labute approximate surface area is 109 Å². The number of rotatable bonds is 5. The molecule has 0 bridgehead atoms. The first-order valence-corrected chi connectivity index (χ1v) is 6.94. The van der Waals surface area contributed by atoms with E-state index in [-0.39, 0.29) is 5.92 Å². The van der Waals surface area contributed by atoms with E-state index in [1.807, 2.05) is 4.68 Å². The molecule has 1 aliphatic rings. The van der Waals surface area contributed by atoms with E-state index in [1.165, 1.54) is 0 Å². The van der Waals surface area contributed by atoms with E-state index in [0.29, 0.717) is 6.04 Å². The van der Waals surface area contributed by atoms with Crippen LogP contribution in [0.4, 0.5) is 0 Å². The van der Waals surface area contributed by atoms with E-state index < -0.39 is 0 Å². The smallest absolute Gasteiger partial charge is 0.124 e. The monoisotopic (exact) mass is 249 g/mol. The lowest BCUT2D eigenvalue weighted by molar-refractivity contribution is -0.112. The molecule has 1 aliphatic heterocycles. The van der Waals surface area contributed by atoms with E-state index in [2.05, 4.69) is 36.1 Å². The number of carbonyl (C=O) groups is 1. The van der Waals surface area contributed by atoms with Crippen LogP contribution in [0.25, 0.3) is 0 Å². The van der Waals surface area contributed by atoms with E-state index in [4.69, 9.17) is 0 Å². The van der Waals surface area contributed by atoms with Crippen molar-refractivity contribution >= 4 is 6.29 Å². The van der Waals surface area contributed by atoms with Gasteiger partial charge in [0.15, 0.2) is 0 Å². The number of likely N-dealkylation sites (tertiary alicyclic amines) is 1. The molecule has 100 valence electrons. The fraction of sp³-hybridized carbons (Fsp3) is 0.714. The number of aromatic nitrogens is 2. The molecule has 18 heavy (non-hydrogen) atoms. The minimum absolute atomic E-state index is 0.218. The molecule has 2 atom stereocenters. The number of aldehydes is 1. The standard InChI is InChI=1S/C14H23N3O/c1-3-12(2)17-8-6-14(15-17)10-16-7-4-5-13(9-16)11-18/h6,8,11-13H,3-5,7,9-10H2,1-2H3. The van der Waals surface area contributed by atoms with Crippen LogP contribution in [0.1, 0.15) is 44.8 Å². The zero-order valence-electron chi connectivity index (χ0n) is 11.4. The second-order valence-corrected chi connectivity index (χ2v) is 5.32. The Hall–Kier alpha value is -1.16. The van der Waals surface area contributed by atoms with Crippen LogP contribution < -0.4 is 0 Å². The summed E-state index contributed by atoms with van der Waals surface area (Å²) >= 11 is 0. The van der Waals surface area contributed by atoms with Crippen molar-refractivity contribution in [2.75, 3.05) is 13.1 Å². The van der Waals surface area contributed by atoms with E-state index in [1.54, 1.807) is 0 Å². The van der Waals surface area contributed by atoms with Crippen LogP contribution in [0.15, 0.2) is 12.3 Å². The van der Waals surface area contributed by atoms with Gasteiger partial charge >= 0.3 is 0 Å². The van der Waals surface area contributed by atoms with Crippen LogP contribution in [-0.2, 0) is 11.3 Å². The summed E-state index contributed by atoms with van der Waals surface area (Å²) in [5, 5.41) is 4.61. The third-order valence-electron chi connectivity index (χ3n) is 3.83. The molecule has 0 saturated carbocycles.